The molecule has 0 bridgehead atoms. The molecule has 1 N–H and O–H groups in total. The Morgan fingerprint density at radius 3 is 2.61 bits per heavy atom. The monoisotopic (exact) mass is 380 g/mol. The van der Waals surface area contributed by atoms with E-state index in [-0.39, 0.29) is 18.2 Å². The van der Waals surface area contributed by atoms with E-state index in [0.717, 1.165) is 30.9 Å². The topological polar surface area (TPSA) is 57.7 Å². The molecule has 2 aromatic rings. The normalized spacial score (nSPS) is 21.9. The highest BCUT2D eigenvalue weighted by Gasteiger charge is 2.25. The number of aromatic nitrogens is 1. The van der Waals surface area contributed by atoms with Crippen LogP contribution in [0.3, 0.4) is 0 Å². The molecule has 28 heavy (non-hydrogen) atoms. The number of urea groups is 1. The maximum absolute atomic E-state index is 12.4. The fraction of sp³-hybridized carbons (Fsp3) is 0.455. The van der Waals surface area contributed by atoms with Crippen molar-refractivity contribution >= 4 is 11.8 Å². The Bertz CT molecular complexity index is 814. The number of fused-ring (bicyclic) bond motifs is 1. The van der Waals surface area contributed by atoms with Gasteiger partial charge in [-0.15, -0.1) is 0 Å². The first-order chi connectivity index (χ1) is 13.6. The van der Waals surface area contributed by atoms with Crippen LogP contribution in [0.4, 0.5) is 10.6 Å². The molecule has 2 unspecified atom stereocenters. The molecule has 0 aliphatic carbocycles. The summed E-state index contributed by atoms with van der Waals surface area (Å²) >= 11 is 0. The second-order valence-corrected chi connectivity index (χ2v) is 7.79. The number of benzene rings is 1. The van der Waals surface area contributed by atoms with Crippen molar-refractivity contribution < 1.29 is 9.53 Å². The highest BCUT2D eigenvalue weighted by molar-refractivity contribution is 5.74. The second-order valence-electron chi connectivity index (χ2n) is 7.79. The zero-order chi connectivity index (χ0) is 19.5. The molecule has 2 amide bonds. The molecule has 2 aliphatic rings. The van der Waals surface area contributed by atoms with Crippen LogP contribution < -0.4 is 10.2 Å². The average molecular weight is 380 g/mol. The van der Waals surface area contributed by atoms with Gasteiger partial charge in [-0.2, -0.15) is 0 Å². The van der Waals surface area contributed by atoms with Crippen LogP contribution in [0.5, 0.6) is 0 Å². The van der Waals surface area contributed by atoms with Gasteiger partial charge in [0.15, 0.2) is 0 Å². The third kappa shape index (κ3) is 4.28. The highest BCUT2D eigenvalue weighted by Crippen LogP contribution is 2.23. The van der Waals surface area contributed by atoms with Gasteiger partial charge < -0.3 is 19.9 Å². The van der Waals surface area contributed by atoms with Gasteiger partial charge >= 0.3 is 6.03 Å². The third-order valence-electron chi connectivity index (χ3n) is 5.41. The number of carbonyl (C=O) groups is 1. The number of rotatable bonds is 3. The summed E-state index contributed by atoms with van der Waals surface area (Å²) < 4.78 is 5.69. The van der Waals surface area contributed by atoms with Crippen LogP contribution >= 0.6 is 0 Å². The summed E-state index contributed by atoms with van der Waals surface area (Å²) in [6, 6.07) is 12.7. The SMILES string of the molecule is CC1CN(C(=O)NCc2ccc(N3CCc4ccccc4C3)nc2)CC(C)O1. The maximum Gasteiger partial charge on any atom is 0.317 e. The standard InChI is InChI=1S/C22H28N4O2/c1-16-13-26(14-17(2)28-16)22(27)24-12-18-7-8-21(23-11-18)25-10-9-19-5-3-4-6-20(19)15-25/h3-8,11,16-17H,9-10,12-15H2,1-2H3,(H,24,27). The number of amides is 2. The quantitative estimate of drug-likeness (QED) is 0.889. The molecule has 6 heteroatoms. The Hall–Kier alpha value is -2.60. The predicted octanol–water partition coefficient (Wildman–Crippen LogP) is 2.96. The number of nitrogens with zero attached hydrogens (tertiary/aromatic N) is 3. The Kier molecular flexibility index (Phi) is 5.48. The van der Waals surface area contributed by atoms with Crippen LogP contribution in [-0.4, -0.2) is 47.8 Å². The molecule has 2 atom stereocenters. The van der Waals surface area contributed by atoms with E-state index in [1.165, 1.54) is 11.1 Å². The van der Waals surface area contributed by atoms with E-state index in [2.05, 4.69) is 39.5 Å². The zero-order valence-corrected chi connectivity index (χ0v) is 16.6. The summed E-state index contributed by atoms with van der Waals surface area (Å²) in [6.45, 7) is 7.61. The number of pyridine rings is 1. The average Bonchev–Trinajstić information content (AvgIpc) is 2.71. The minimum atomic E-state index is -0.0429. The fourth-order valence-corrected chi connectivity index (χ4v) is 4.03. The van der Waals surface area contributed by atoms with E-state index < -0.39 is 0 Å². The summed E-state index contributed by atoms with van der Waals surface area (Å²) in [6.07, 6.45) is 3.06. The third-order valence-corrected chi connectivity index (χ3v) is 5.41. The number of nitrogens with one attached hydrogen (secondary N) is 1. The van der Waals surface area contributed by atoms with Gasteiger partial charge in [-0.3, -0.25) is 0 Å². The van der Waals surface area contributed by atoms with E-state index in [4.69, 9.17) is 4.74 Å². The van der Waals surface area contributed by atoms with Gasteiger partial charge in [-0.05, 0) is 43.0 Å². The largest absolute Gasteiger partial charge is 0.372 e. The molecule has 0 saturated carbocycles. The zero-order valence-electron chi connectivity index (χ0n) is 16.6. The molecule has 0 radical (unpaired) electrons. The van der Waals surface area contributed by atoms with Crippen molar-refractivity contribution in [1.82, 2.24) is 15.2 Å². The molecule has 6 nitrogen and oxygen atoms in total. The summed E-state index contributed by atoms with van der Waals surface area (Å²) in [7, 11) is 0. The molecule has 2 aliphatic heterocycles. The first-order valence-corrected chi connectivity index (χ1v) is 10.0. The number of anilines is 1. The van der Waals surface area contributed by atoms with Crippen molar-refractivity contribution in [2.45, 2.75) is 45.6 Å². The summed E-state index contributed by atoms with van der Waals surface area (Å²) in [5, 5.41) is 3.00. The van der Waals surface area contributed by atoms with Gasteiger partial charge in [0.1, 0.15) is 5.82 Å². The van der Waals surface area contributed by atoms with Gasteiger partial charge in [-0.25, -0.2) is 9.78 Å². The first-order valence-electron chi connectivity index (χ1n) is 10.0. The van der Waals surface area contributed by atoms with Gasteiger partial charge in [0, 0.05) is 38.9 Å². The molecule has 148 valence electrons. The molecule has 1 aromatic carbocycles. The number of ether oxygens (including phenoxy) is 1. The molecule has 1 aromatic heterocycles. The van der Waals surface area contributed by atoms with E-state index in [1.807, 2.05) is 37.1 Å². The van der Waals surface area contributed by atoms with E-state index in [1.54, 1.807) is 0 Å². The van der Waals surface area contributed by atoms with E-state index >= 15 is 0 Å². The second kappa shape index (κ2) is 8.19. The Balaban J connectivity index is 1.32. The number of carbonyl (C=O) groups excluding carboxylic acids is 1. The van der Waals surface area contributed by atoms with Crippen LogP contribution in [0.15, 0.2) is 42.6 Å². The van der Waals surface area contributed by atoms with Crippen molar-refractivity contribution in [2.24, 2.45) is 0 Å². The van der Waals surface area contributed by atoms with E-state index in [9.17, 15) is 4.79 Å². The number of hydrogen-bond donors (Lipinski definition) is 1. The minimum Gasteiger partial charge on any atom is -0.372 e. The van der Waals surface area contributed by atoms with Gasteiger partial charge in [0.25, 0.3) is 0 Å². The van der Waals surface area contributed by atoms with Crippen molar-refractivity contribution in [3.63, 3.8) is 0 Å². The lowest BCUT2D eigenvalue weighted by atomic mass is 10.00. The minimum absolute atomic E-state index is 0.0429. The summed E-state index contributed by atoms with van der Waals surface area (Å²) in [5.74, 6) is 0.986. The Morgan fingerprint density at radius 1 is 1.14 bits per heavy atom. The van der Waals surface area contributed by atoms with Crippen LogP contribution in [0.25, 0.3) is 0 Å². The number of morpholine rings is 1. The van der Waals surface area contributed by atoms with Crippen molar-refractivity contribution in [1.29, 1.82) is 0 Å². The molecular weight excluding hydrogens is 352 g/mol. The molecular formula is C22H28N4O2. The van der Waals surface area contributed by atoms with Crippen molar-refractivity contribution in [3.8, 4) is 0 Å². The lowest BCUT2D eigenvalue weighted by Crippen LogP contribution is -2.51. The van der Waals surface area contributed by atoms with Crippen LogP contribution in [0, 0.1) is 0 Å². The molecule has 0 spiro atoms. The molecule has 4 rings (SSSR count). The Labute approximate surface area is 166 Å². The van der Waals surface area contributed by atoms with Gasteiger partial charge in [-0.1, -0.05) is 30.3 Å². The summed E-state index contributed by atoms with van der Waals surface area (Å²) in [4.78, 5) is 21.2. The van der Waals surface area contributed by atoms with Crippen LogP contribution in [0.2, 0.25) is 0 Å². The lowest BCUT2D eigenvalue weighted by molar-refractivity contribution is -0.0545. The predicted molar refractivity (Wildman–Crippen MR) is 109 cm³/mol. The molecule has 1 saturated heterocycles. The number of hydrogen-bond acceptors (Lipinski definition) is 4. The van der Waals surface area contributed by atoms with Gasteiger partial charge in [0.2, 0.25) is 0 Å². The first kappa shape index (κ1) is 18.7. The lowest BCUT2D eigenvalue weighted by Gasteiger charge is -2.35. The maximum atomic E-state index is 12.4. The van der Waals surface area contributed by atoms with Crippen molar-refractivity contribution in [3.05, 3.63) is 59.3 Å². The Morgan fingerprint density at radius 2 is 1.89 bits per heavy atom. The van der Waals surface area contributed by atoms with Gasteiger partial charge in [0.05, 0.1) is 12.2 Å². The smallest absolute Gasteiger partial charge is 0.317 e. The molecule has 3 heterocycles. The fourth-order valence-electron chi connectivity index (χ4n) is 4.03. The highest BCUT2D eigenvalue weighted by atomic mass is 16.5. The summed E-state index contributed by atoms with van der Waals surface area (Å²) in [5.41, 5.74) is 3.81. The van der Waals surface area contributed by atoms with E-state index in [0.29, 0.717) is 19.6 Å². The van der Waals surface area contributed by atoms with Crippen molar-refractivity contribution in [2.75, 3.05) is 24.5 Å². The molecule has 1 fully saturated rings. The van der Waals surface area contributed by atoms with Crippen LogP contribution in [0.1, 0.15) is 30.5 Å². The van der Waals surface area contributed by atoms with Crippen LogP contribution in [-0.2, 0) is 24.2 Å².